The van der Waals surface area contributed by atoms with E-state index in [4.69, 9.17) is 0 Å². The molecular weight excluding hydrogens is 237 g/mol. The topological polar surface area (TPSA) is 12.0 Å². The molecule has 0 aliphatic heterocycles. The number of hydrogen-bond acceptors (Lipinski definition) is 1. The van der Waals surface area contributed by atoms with Crippen molar-refractivity contribution in [2.45, 2.75) is 59.5 Å². The third kappa shape index (κ3) is 3.56. The Bertz CT molecular complexity index is 418. The number of halogens is 1. The second-order valence-corrected chi connectivity index (χ2v) is 6.43. The fraction of sp³-hybridized carbons (Fsp3) is 0.647. The summed E-state index contributed by atoms with van der Waals surface area (Å²) < 4.78 is 13.6. The maximum Gasteiger partial charge on any atom is 0.129 e. The van der Waals surface area contributed by atoms with Crippen LogP contribution in [0.2, 0.25) is 0 Å². The molecule has 0 aromatic heterocycles. The SMILES string of the molecule is Cc1cc(CNC2CC(C)CCC2C)cc(C)c1F. The Morgan fingerprint density at radius 2 is 1.79 bits per heavy atom. The van der Waals surface area contributed by atoms with Crippen LogP contribution in [0.3, 0.4) is 0 Å². The largest absolute Gasteiger partial charge is 0.310 e. The van der Waals surface area contributed by atoms with Gasteiger partial charge in [-0.2, -0.15) is 0 Å². The first-order valence-corrected chi connectivity index (χ1v) is 7.46. The van der Waals surface area contributed by atoms with Crippen LogP contribution in [-0.4, -0.2) is 6.04 Å². The summed E-state index contributed by atoms with van der Waals surface area (Å²) in [6.07, 6.45) is 3.94. The molecule has 1 saturated carbocycles. The normalized spacial score (nSPS) is 27.5. The van der Waals surface area contributed by atoms with Crippen molar-refractivity contribution in [3.63, 3.8) is 0 Å². The van der Waals surface area contributed by atoms with E-state index in [2.05, 4.69) is 19.2 Å². The number of benzene rings is 1. The Morgan fingerprint density at radius 1 is 1.16 bits per heavy atom. The van der Waals surface area contributed by atoms with Crippen LogP contribution < -0.4 is 5.32 Å². The van der Waals surface area contributed by atoms with Gasteiger partial charge in [-0.15, -0.1) is 0 Å². The fourth-order valence-corrected chi connectivity index (χ4v) is 3.20. The molecule has 0 radical (unpaired) electrons. The highest BCUT2D eigenvalue weighted by Gasteiger charge is 2.24. The second kappa shape index (κ2) is 6.04. The predicted molar refractivity (Wildman–Crippen MR) is 78.7 cm³/mol. The van der Waals surface area contributed by atoms with Crippen LogP contribution >= 0.6 is 0 Å². The van der Waals surface area contributed by atoms with Crippen molar-refractivity contribution in [1.82, 2.24) is 5.32 Å². The zero-order valence-corrected chi connectivity index (χ0v) is 12.6. The molecule has 0 saturated heterocycles. The summed E-state index contributed by atoms with van der Waals surface area (Å²) in [5, 5.41) is 3.67. The van der Waals surface area contributed by atoms with Crippen molar-refractivity contribution in [1.29, 1.82) is 0 Å². The van der Waals surface area contributed by atoms with Gasteiger partial charge in [0.1, 0.15) is 5.82 Å². The van der Waals surface area contributed by atoms with E-state index in [1.807, 2.05) is 26.0 Å². The lowest BCUT2D eigenvalue weighted by Crippen LogP contribution is -2.39. The number of nitrogens with one attached hydrogen (secondary N) is 1. The summed E-state index contributed by atoms with van der Waals surface area (Å²) in [5.74, 6) is 1.51. The molecule has 0 heterocycles. The number of rotatable bonds is 3. The van der Waals surface area contributed by atoms with Gasteiger partial charge in [-0.1, -0.05) is 32.4 Å². The van der Waals surface area contributed by atoms with E-state index in [1.165, 1.54) is 24.8 Å². The van der Waals surface area contributed by atoms with Crippen molar-refractivity contribution < 1.29 is 4.39 Å². The van der Waals surface area contributed by atoms with E-state index >= 15 is 0 Å². The van der Waals surface area contributed by atoms with Crippen molar-refractivity contribution in [3.05, 3.63) is 34.6 Å². The van der Waals surface area contributed by atoms with Gasteiger partial charge in [-0.25, -0.2) is 4.39 Å². The van der Waals surface area contributed by atoms with Gasteiger partial charge in [-0.05, 0) is 55.2 Å². The molecule has 1 aliphatic carbocycles. The van der Waals surface area contributed by atoms with Crippen molar-refractivity contribution in [3.8, 4) is 0 Å². The van der Waals surface area contributed by atoms with Crippen molar-refractivity contribution in [2.24, 2.45) is 11.8 Å². The average molecular weight is 263 g/mol. The lowest BCUT2D eigenvalue weighted by atomic mass is 9.80. The molecule has 3 atom stereocenters. The summed E-state index contributed by atoms with van der Waals surface area (Å²) in [6.45, 7) is 9.22. The van der Waals surface area contributed by atoms with Crippen LogP contribution in [0.4, 0.5) is 4.39 Å². The first kappa shape index (κ1) is 14.5. The average Bonchev–Trinajstić information content (AvgIpc) is 2.37. The lowest BCUT2D eigenvalue weighted by molar-refractivity contribution is 0.227. The molecule has 19 heavy (non-hydrogen) atoms. The van der Waals surface area contributed by atoms with Gasteiger partial charge in [-0.3, -0.25) is 0 Å². The van der Waals surface area contributed by atoms with Gasteiger partial charge in [0.25, 0.3) is 0 Å². The highest BCUT2D eigenvalue weighted by atomic mass is 19.1. The molecule has 1 N–H and O–H groups in total. The van der Waals surface area contributed by atoms with Gasteiger partial charge < -0.3 is 5.32 Å². The quantitative estimate of drug-likeness (QED) is 0.854. The molecule has 2 heteroatoms. The van der Waals surface area contributed by atoms with Gasteiger partial charge >= 0.3 is 0 Å². The van der Waals surface area contributed by atoms with Gasteiger partial charge in [0.2, 0.25) is 0 Å². The monoisotopic (exact) mass is 263 g/mol. The maximum absolute atomic E-state index is 13.6. The Labute approximate surface area is 116 Å². The zero-order chi connectivity index (χ0) is 14.0. The lowest BCUT2D eigenvalue weighted by Gasteiger charge is -2.33. The Kier molecular flexibility index (Phi) is 4.62. The van der Waals surface area contributed by atoms with Crippen molar-refractivity contribution in [2.75, 3.05) is 0 Å². The summed E-state index contributed by atoms with van der Waals surface area (Å²) in [4.78, 5) is 0. The molecule has 2 rings (SSSR count). The third-order valence-corrected chi connectivity index (χ3v) is 4.52. The minimum absolute atomic E-state index is 0.0663. The highest BCUT2D eigenvalue weighted by Crippen LogP contribution is 2.28. The molecule has 0 bridgehead atoms. The molecule has 1 nitrogen and oxygen atoms in total. The van der Waals surface area contributed by atoms with Crippen LogP contribution in [-0.2, 0) is 6.54 Å². The smallest absolute Gasteiger partial charge is 0.129 e. The van der Waals surface area contributed by atoms with Gasteiger partial charge in [0.05, 0.1) is 0 Å². The third-order valence-electron chi connectivity index (χ3n) is 4.52. The zero-order valence-electron chi connectivity index (χ0n) is 12.6. The molecule has 1 aliphatic rings. The summed E-state index contributed by atoms with van der Waals surface area (Å²) in [7, 11) is 0. The van der Waals surface area contributed by atoms with Crippen molar-refractivity contribution >= 4 is 0 Å². The fourth-order valence-electron chi connectivity index (χ4n) is 3.20. The molecular formula is C17H26FN. The molecule has 1 fully saturated rings. The summed E-state index contributed by atoms with van der Waals surface area (Å²) >= 11 is 0. The van der Waals surface area contributed by atoms with E-state index in [1.54, 1.807) is 0 Å². The Morgan fingerprint density at radius 3 is 2.42 bits per heavy atom. The van der Waals surface area contributed by atoms with E-state index in [0.717, 1.165) is 29.5 Å². The molecule has 1 aromatic rings. The van der Waals surface area contributed by atoms with Crippen LogP contribution in [0.15, 0.2) is 12.1 Å². The molecule has 0 amide bonds. The van der Waals surface area contributed by atoms with Crippen LogP contribution in [0.1, 0.15) is 49.8 Å². The standard InChI is InChI=1S/C17H26FN/c1-11-5-6-12(2)16(7-11)19-10-15-8-13(3)17(18)14(4)9-15/h8-9,11-12,16,19H,5-7,10H2,1-4H3. The van der Waals surface area contributed by atoms with Crippen LogP contribution in [0.25, 0.3) is 0 Å². The Hall–Kier alpha value is -0.890. The summed E-state index contributed by atoms with van der Waals surface area (Å²) in [6, 6.07) is 4.54. The molecule has 1 aromatic carbocycles. The van der Waals surface area contributed by atoms with E-state index in [-0.39, 0.29) is 5.82 Å². The summed E-state index contributed by atoms with van der Waals surface area (Å²) in [5.41, 5.74) is 2.70. The molecule has 3 unspecified atom stereocenters. The Balaban J connectivity index is 1.98. The minimum atomic E-state index is -0.0663. The molecule has 0 spiro atoms. The highest BCUT2D eigenvalue weighted by molar-refractivity contribution is 5.30. The van der Waals surface area contributed by atoms with E-state index in [0.29, 0.717) is 6.04 Å². The second-order valence-electron chi connectivity index (χ2n) is 6.43. The first-order valence-electron chi connectivity index (χ1n) is 7.46. The first-order chi connectivity index (χ1) is 8.97. The molecule has 106 valence electrons. The van der Waals surface area contributed by atoms with Crippen LogP contribution in [0.5, 0.6) is 0 Å². The van der Waals surface area contributed by atoms with Crippen LogP contribution in [0, 0.1) is 31.5 Å². The van der Waals surface area contributed by atoms with E-state index < -0.39 is 0 Å². The number of hydrogen-bond donors (Lipinski definition) is 1. The van der Waals surface area contributed by atoms with Gasteiger partial charge in [0, 0.05) is 12.6 Å². The number of aryl methyl sites for hydroxylation is 2. The van der Waals surface area contributed by atoms with Gasteiger partial charge in [0.15, 0.2) is 0 Å². The maximum atomic E-state index is 13.6. The van der Waals surface area contributed by atoms with E-state index in [9.17, 15) is 4.39 Å². The predicted octanol–water partition coefficient (Wildman–Crippen LogP) is 4.36. The minimum Gasteiger partial charge on any atom is -0.310 e.